The third-order valence-electron chi connectivity index (χ3n) is 2.17. The molecule has 0 amide bonds. The molecule has 1 saturated carbocycles. The molecular formula is C7H12O2. The Kier molecular flexibility index (Phi) is 1.60. The number of hydrogen-bond acceptors (Lipinski definition) is 2. The number of aliphatic hydroxyl groups is 2. The number of aliphatic hydroxyl groups excluding tert-OH is 2. The fraction of sp³-hybridized carbons (Fsp3) is 0.714. The van der Waals surface area contributed by atoms with E-state index < -0.39 is 0 Å². The van der Waals surface area contributed by atoms with Gasteiger partial charge in [0.15, 0.2) is 0 Å². The average Bonchev–Trinajstić information content (AvgIpc) is 2.63. The van der Waals surface area contributed by atoms with Gasteiger partial charge in [-0.3, -0.25) is 0 Å². The van der Waals surface area contributed by atoms with Gasteiger partial charge in [-0.05, 0) is 12.3 Å². The highest BCUT2D eigenvalue weighted by atomic mass is 16.3. The summed E-state index contributed by atoms with van der Waals surface area (Å²) < 4.78 is 0. The van der Waals surface area contributed by atoms with Gasteiger partial charge >= 0.3 is 0 Å². The summed E-state index contributed by atoms with van der Waals surface area (Å²) in [5, 5.41) is 17.5. The summed E-state index contributed by atoms with van der Waals surface area (Å²) in [5.74, 6) is 0.340. The van der Waals surface area contributed by atoms with E-state index in [9.17, 15) is 0 Å². The summed E-state index contributed by atoms with van der Waals surface area (Å²) in [7, 11) is 0. The molecule has 1 aliphatic rings. The fourth-order valence-electron chi connectivity index (χ4n) is 1.13. The van der Waals surface area contributed by atoms with Gasteiger partial charge in [0.25, 0.3) is 0 Å². The van der Waals surface area contributed by atoms with Crippen LogP contribution in [0.5, 0.6) is 0 Å². The Balaban J connectivity index is 2.46. The minimum Gasteiger partial charge on any atom is -0.396 e. The molecule has 0 aromatic heterocycles. The zero-order valence-corrected chi connectivity index (χ0v) is 5.38. The summed E-state index contributed by atoms with van der Waals surface area (Å²) in [6, 6.07) is 0. The van der Waals surface area contributed by atoms with Gasteiger partial charge in [-0.2, -0.15) is 0 Å². The van der Waals surface area contributed by atoms with Crippen LogP contribution in [0.25, 0.3) is 0 Å². The first-order chi connectivity index (χ1) is 4.29. The smallest absolute Gasteiger partial charge is 0.0515 e. The maximum absolute atomic E-state index is 8.75. The van der Waals surface area contributed by atoms with Crippen LogP contribution < -0.4 is 0 Å². The molecule has 0 aliphatic heterocycles. The van der Waals surface area contributed by atoms with Crippen LogP contribution in [-0.4, -0.2) is 23.4 Å². The molecule has 0 bridgehead atoms. The van der Waals surface area contributed by atoms with Crippen LogP contribution in [0.2, 0.25) is 0 Å². The van der Waals surface area contributed by atoms with Crippen LogP contribution in [0.4, 0.5) is 0 Å². The Hall–Kier alpha value is -0.340. The molecule has 0 radical (unpaired) electrons. The molecule has 1 atom stereocenters. The summed E-state index contributed by atoms with van der Waals surface area (Å²) >= 11 is 0. The van der Waals surface area contributed by atoms with Crippen molar-refractivity contribution in [3.63, 3.8) is 0 Å². The molecule has 0 heterocycles. The lowest BCUT2D eigenvalue weighted by atomic mass is 10.1. The Morgan fingerprint density at radius 3 is 2.22 bits per heavy atom. The molecular weight excluding hydrogens is 116 g/mol. The molecule has 52 valence electrons. The molecule has 0 saturated heterocycles. The maximum atomic E-state index is 8.75. The van der Waals surface area contributed by atoms with Crippen molar-refractivity contribution in [1.82, 2.24) is 0 Å². The maximum Gasteiger partial charge on any atom is 0.0515 e. The van der Waals surface area contributed by atoms with Crippen molar-refractivity contribution in [2.24, 2.45) is 11.3 Å². The molecule has 2 nitrogen and oxygen atoms in total. The lowest BCUT2D eigenvalue weighted by Crippen LogP contribution is -2.13. The van der Waals surface area contributed by atoms with Crippen LogP contribution in [-0.2, 0) is 0 Å². The first-order valence-electron chi connectivity index (χ1n) is 3.13. The second-order valence-electron chi connectivity index (χ2n) is 2.72. The Labute approximate surface area is 54.8 Å². The van der Waals surface area contributed by atoms with Gasteiger partial charge in [-0.25, -0.2) is 0 Å². The van der Waals surface area contributed by atoms with Crippen molar-refractivity contribution in [1.29, 1.82) is 0 Å². The minimum atomic E-state index is -0.207. The van der Waals surface area contributed by atoms with Gasteiger partial charge in [0, 0.05) is 5.41 Å². The number of rotatable bonds is 3. The second-order valence-corrected chi connectivity index (χ2v) is 2.72. The molecule has 2 N–H and O–H groups in total. The third kappa shape index (κ3) is 0.884. The predicted octanol–water partition coefficient (Wildman–Crippen LogP) is 0.163. The number of hydrogen-bond donors (Lipinski definition) is 2. The highest BCUT2D eigenvalue weighted by molar-refractivity contribution is 5.09. The van der Waals surface area contributed by atoms with Crippen molar-refractivity contribution >= 4 is 0 Å². The van der Waals surface area contributed by atoms with Crippen LogP contribution in [0.3, 0.4) is 0 Å². The lowest BCUT2D eigenvalue weighted by Gasteiger charge is -2.06. The Morgan fingerprint density at radius 1 is 1.56 bits per heavy atom. The molecule has 1 aliphatic carbocycles. The SMILES string of the molecule is C=CC1CC1(CO)CO. The average molecular weight is 128 g/mol. The van der Waals surface area contributed by atoms with Crippen molar-refractivity contribution < 1.29 is 10.2 Å². The highest BCUT2D eigenvalue weighted by Crippen LogP contribution is 2.52. The van der Waals surface area contributed by atoms with E-state index in [1.54, 1.807) is 6.08 Å². The van der Waals surface area contributed by atoms with Gasteiger partial charge in [0.05, 0.1) is 13.2 Å². The van der Waals surface area contributed by atoms with E-state index in [1.807, 2.05) is 0 Å². The van der Waals surface area contributed by atoms with E-state index >= 15 is 0 Å². The molecule has 1 fully saturated rings. The van der Waals surface area contributed by atoms with Gasteiger partial charge < -0.3 is 10.2 Å². The van der Waals surface area contributed by atoms with Crippen molar-refractivity contribution in [3.05, 3.63) is 12.7 Å². The molecule has 1 unspecified atom stereocenters. The molecule has 9 heavy (non-hydrogen) atoms. The van der Waals surface area contributed by atoms with Crippen LogP contribution in [0, 0.1) is 11.3 Å². The quantitative estimate of drug-likeness (QED) is 0.532. The summed E-state index contributed by atoms with van der Waals surface area (Å²) in [6.45, 7) is 3.76. The molecule has 2 heteroatoms. The van der Waals surface area contributed by atoms with Gasteiger partial charge in [0.1, 0.15) is 0 Å². The zero-order chi connectivity index (χ0) is 6.91. The monoisotopic (exact) mass is 128 g/mol. The minimum absolute atomic E-state index is 0.0835. The largest absolute Gasteiger partial charge is 0.396 e. The third-order valence-corrected chi connectivity index (χ3v) is 2.17. The summed E-state index contributed by atoms with van der Waals surface area (Å²) in [4.78, 5) is 0. The van der Waals surface area contributed by atoms with E-state index in [1.165, 1.54) is 0 Å². The van der Waals surface area contributed by atoms with Crippen molar-refractivity contribution in [2.75, 3.05) is 13.2 Å². The summed E-state index contributed by atoms with van der Waals surface area (Å²) in [5.41, 5.74) is -0.207. The van der Waals surface area contributed by atoms with E-state index in [4.69, 9.17) is 10.2 Å². The first-order valence-corrected chi connectivity index (χ1v) is 3.13. The van der Waals surface area contributed by atoms with Crippen molar-refractivity contribution in [2.45, 2.75) is 6.42 Å². The van der Waals surface area contributed by atoms with Gasteiger partial charge in [0.2, 0.25) is 0 Å². The second kappa shape index (κ2) is 2.12. The molecule has 0 spiro atoms. The van der Waals surface area contributed by atoms with Crippen LogP contribution in [0.15, 0.2) is 12.7 Å². The summed E-state index contributed by atoms with van der Waals surface area (Å²) in [6.07, 6.45) is 2.69. The first kappa shape index (κ1) is 6.78. The van der Waals surface area contributed by atoms with E-state index in [0.717, 1.165) is 6.42 Å². The Bertz CT molecular complexity index is 116. The Morgan fingerprint density at radius 2 is 2.11 bits per heavy atom. The van der Waals surface area contributed by atoms with Gasteiger partial charge in [-0.15, -0.1) is 6.58 Å². The normalized spacial score (nSPS) is 29.8. The van der Waals surface area contributed by atoms with Crippen LogP contribution in [0.1, 0.15) is 6.42 Å². The van der Waals surface area contributed by atoms with Gasteiger partial charge in [-0.1, -0.05) is 6.08 Å². The number of allylic oxidation sites excluding steroid dienone is 1. The standard InChI is InChI=1S/C7H12O2/c1-2-6-3-7(6,4-8)5-9/h2,6,8-9H,1,3-5H2. The van der Waals surface area contributed by atoms with E-state index in [-0.39, 0.29) is 18.6 Å². The molecule has 0 aromatic rings. The predicted molar refractivity (Wildman–Crippen MR) is 34.9 cm³/mol. The van der Waals surface area contributed by atoms with E-state index in [2.05, 4.69) is 6.58 Å². The van der Waals surface area contributed by atoms with Crippen LogP contribution >= 0.6 is 0 Å². The fourth-order valence-corrected chi connectivity index (χ4v) is 1.13. The topological polar surface area (TPSA) is 40.5 Å². The molecule has 1 rings (SSSR count). The highest BCUT2D eigenvalue weighted by Gasteiger charge is 2.51. The molecule has 0 aromatic carbocycles. The zero-order valence-electron chi connectivity index (χ0n) is 5.38. The lowest BCUT2D eigenvalue weighted by molar-refractivity contribution is 0.127. The van der Waals surface area contributed by atoms with E-state index in [0.29, 0.717) is 5.92 Å². The van der Waals surface area contributed by atoms with Crippen molar-refractivity contribution in [3.8, 4) is 0 Å².